The van der Waals surface area contributed by atoms with Gasteiger partial charge in [-0.25, -0.2) is 18.5 Å². The van der Waals surface area contributed by atoms with Crippen LogP contribution in [0.5, 0.6) is 0 Å². The minimum atomic E-state index is -4.03. The number of anilines is 3. The third kappa shape index (κ3) is 6.85. The second kappa shape index (κ2) is 12.2. The first-order valence-electron chi connectivity index (χ1n) is 11.5. The van der Waals surface area contributed by atoms with E-state index in [1.54, 1.807) is 6.07 Å². The Balaban J connectivity index is 2.11. The van der Waals surface area contributed by atoms with Crippen LogP contribution in [0.25, 0.3) is 0 Å². The van der Waals surface area contributed by atoms with Gasteiger partial charge >= 0.3 is 0 Å². The summed E-state index contributed by atoms with van der Waals surface area (Å²) in [7, 11) is -1.47. The van der Waals surface area contributed by atoms with Gasteiger partial charge in [-0.15, -0.1) is 0 Å². The minimum absolute atomic E-state index is 0.0245. The van der Waals surface area contributed by atoms with Crippen molar-refractivity contribution >= 4 is 56.0 Å². The van der Waals surface area contributed by atoms with Crippen molar-refractivity contribution in [2.75, 3.05) is 17.1 Å². The highest BCUT2D eigenvalue weighted by Crippen LogP contribution is 2.26. The number of aromatic nitrogens is 2. The van der Waals surface area contributed by atoms with Gasteiger partial charge in [0.25, 0.3) is 21.7 Å². The van der Waals surface area contributed by atoms with Gasteiger partial charge in [0.05, 0.1) is 11.3 Å². The summed E-state index contributed by atoms with van der Waals surface area (Å²) in [5, 5.41) is 5.68. The number of carbonyl (C=O) groups excluding carboxylic acids is 1. The molecule has 0 saturated carbocycles. The number of amides is 1. The monoisotopic (exact) mass is 660 g/mol. The minimum Gasteiger partial charge on any atom is -0.349 e. The molecule has 0 radical (unpaired) electrons. The number of hydrogen-bond acceptors (Lipinski definition) is 6. The molecule has 0 aliphatic rings. The molecule has 0 spiro atoms. The van der Waals surface area contributed by atoms with E-state index >= 15 is 4.39 Å². The summed E-state index contributed by atoms with van der Waals surface area (Å²) in [5.74, 6) is -2.55. The van der Waals surface area contributed by atoms with Gasteiger partial charge in [0.1, 0.15) is 11.6 Å². The van der Waals surface area contributed by atoms with Gasteiger partial charge in [-0.2, -0.15) is 8.42 Å². The number of rotatable bonds is 10. The molecule has 3 aromatic rings. The van der Waals surface area contributed by atoms with E-state index in [2.05, 4.69) is 15.6 Å². The number of nitrogens with zero attached hydrogens (tertiary/aromatic N) is 2. The van der Waals surface area contributed by atoms with Gasteiger partial charge in [-0.3, -0.25) is 18.9 Å². The first kappa shape index (κ1) is 29.4. The van der Waals surface area contributed by atoms with Crippen molar-refractivity contribution in [1.29, 1.82) is 0 Å². The molecule has 0 fully saturated rings. The molecule has 4 N–H and O–H groups in total. The van der Waals surface area contributed by atoms with Crippen molar-refractivity contribution in [2.45, 2.75) is 32.7 Å². The van der Waals surface area contributed by atoms with E-state index in [0.717, 1.165) is 11.6 Å². The lowest BCUT2D eigenvalue weighted by atomic mass is 10.0. The molecule has 1 amide bonds. The summed E-state index contributed by atoms with van der Waals surface area (Å²) in [6.07, 6.45) is 1.58. The maximum Gasteiger partial charge on any atom is 0.300 e. The lowest BCUT2D eigenvalue weighted by Gasteiger charge is -2.20. The number of nitrogens with one attached hydrogen (secondary N) is 4. The highest BCUT2D eigenvalue weighted by atomic mass is 127. The molecule has 0 aliphatic heterocycles. The molecule has 1 aromatic carbocycles. The number of carbonyl (C=O) groups is 1. The van der Waals surface area contributed by atoms with Crippen molar-refractivity contribution in [2.24, 2.45) is 7.05 Å². The van der Waals surface area contributed by atoms with Gasteiger partial charge in [-0.05, 0) is 71.8 Å². The standard InChI is InChI=1S/C24H27F2IN6O4S/c1-5-13(2)30-23(34)17-11-15(10-14-8-9-29-21(20(14)26)32-38(36,37)28-3)24(35)33(4)22(17)31-19-7-6-16(27)12-18(19)25/h6-9,11-13,28,31H,5,10H2,1-4H3,(H,29,32)(H,30,34). The summed E-state index contributed by atoms with van der Waals surface area (Å²) in [6.45, 7) is 3.70. The Morgan fingerprint density at radius 1 is 1.18 bits per heavy atom. The zero-order valence-corrected chi connectivity index (χ0v) is 24.0. The number of pyridine rings is 2. The molecule has 0 aliphatic carbocycles. The van der Waals surface area contributed by atoms with Gasteiger partial charge < -0.3 is 10.6 Å². The summed E-state index contributed by atoms with van der Waals surface area (Å²) < 4.78 is 59.1. The molecule has 14 heteroatoms. The molecule has 1 unspecified atom stereocenters. The maximum atomic E-state index is 15.1. The van der Waals surface area contributed by atoms with E-state index in [1.807, 2.05) is 45.9 Å². The van der Waals surface area contributed by atoms with Crippen LogP contribution in [0, 0.1) is 15.2 Å². The number of hydrogen-bond donors (Lipinski definition) is 4. The Morgan fingerprint density at radius 3 is 2.53 bits per heavy atom. The molecule has 3 rings (SSSR count). The lowest BCUT2D eigenvalue weighted by Crippen LogP contribution is -2.35. The largest absolute Gasteiger partial charge is 0.349 e. The average molecular weight is 660 g/mol. The summed E-state index contributed by atoms with van der Waals surface area (Å²) >= 11 is 1.97. The molecule has 0 bridgehead atoms. The van der Waals surface area contributed by atoms with Crippen molar-refractivity contribution in [3.63, 3.8) is 0 Å². The van der Waals surface area contributed by atoms with Crippen LogP contribution in [-0.2, 0) is 23.7 Å². The highest BCUT2D eigenvalue weighted by molar-refractivity contribution is 14.1. The first-order chi connectivity index (χ1) is 17.9. The van der Waals surface area contributed by atoms with E-state index in [9.17, 15) is 22.4 Å². The fraction of sp³-hybridized carbons (Fsp3) is 0.292. The van der Waals surface area contributed by atoms with Crippen LogP contribution in [0.4, 0.5) is 26.1 Å². The predicted molar refractivity (Wildman–Crippen MR) is 150 cm³/mol. The Kier molecular flexibility index (Phi) is 9.43. The molecule has 2 heterocycles. The van der Waals surface area contributed by atoms with Gasteiger partial charge in [0.2, 0.25) is 0 Å². The van der Waals surface area contributed by atoms with E-state index in [-0.39, 0.29) is 40.7 Å². The van der Waals surface area contributed by atoms with Crippen LogP contribution in [0.1, 0.15) is 41.8 Å². The van der Waals surface area contributed by atoms with Gasteiger partial charge in [0.15, 0.2) is 11.6 Å². The quantitative estimate of drug-likeness (QED) is 0.247. The molecule has 38 heavy (non-hydrogen) atoms. The van der Waals surface area contributed by atoms with Gasteiger partial charge in [-0.1, -0.05) is 6.92 Å². The number of benzene rings is 1. The van der Waals surface area contributed by atoms with E-state index < -0.39 is 39.1 Å². The van der Waals surface area contributed by atoms with Crippen molar-refractivity contribution in [3.8, 4) is 0 Å². The summed E-state index contributed by atoms with van der Waals surface area (Å²) in [6, 6.07) is 6.91. The smallest absolute Gasteiger partial charge is 0.300 e. The van der Waals surface area contributed by atoms with Crippen LogP contribution in [-0.4, -0.2) is 37.0 Å². The second-order valence-corrected chi connectivity index (χ2v) is 11.3. The SMILES string of the molecule is CCC(C)NC(=O)c1cc(Cc2ccnc(NS(=O)(=O)NC)c2F)c(=O)n(C)c1Nc1ccc(I)cc1F. The second-order valence-electron chi connectivity index (χ2n) is 8.45. The molecule has 2 aromatic heterocycles. The van der Waals surface area contributed by atoms with Crippen LogP contribution in [0.3, 0.4) is 0 Å². The number of halogens is 3. The van der Waals surface area contributed by atoms with Crippen molar-refractivity contribution in [3.05, 3.63) is 78.8 Å². The van der Waals surface area contributed by atoms with Crippen molar-refractivity contribution < 1.29 is 22.0 Å². The van der Waals surface area contributed by atoms with Crippen LogP contribution >= 0.6 is 22.6 Å². The third-order valence-corrected chi connectivity index (χ3v) is 7.43. The van der Waals surface area contributed by atoms with Gasteiger partial charge in [0, 0.05) is 41.9 Å². The topological polar surface area (TPSA) is 134 Å². The van der Waals surface area contributed by atoms with E-state index in [1.165, 1.54) is 37.5 Å². The zero-order valence-electron chi connectivity index (χ0n) is 21.0. The Bertz CT molecular complexity index is 1530. The first-order valence-corrected chi connectivity index (χ1v) is 14.0. The zero-order chi connectivity index (χ0) is 28.2. The molecule has 10 nitrogen and oxygen atoms in total. The Hall–Kier alpha value is -3.11. The molecule has 0 saturated heterocycles. The molecular weight excluding hydrogens is 633 g/mol. The predicted octanol–water partition coefficient (Wildman–Crippen LogP) is 3.40. The van der Waals surface area contributed by atoms with E-state index in [0.29, 0.717) is 9.99 Å². The highest BCUT2D eigenvalue weighted by Gasteiger charge is 2.22. The van der Waals surface area contributed by atoms with Crippen LogP contribution < -0.4 is 25.6 Å². The average Bonchev–Trinajstić information content (AvgIpc) is 2.86. The third-order valence-electron chi connectivity index (χ3n) is 5.76. The van der Waals surface area contributed by atoms with E-state index in [4.69, 9.17) is 0 Å². The summed E-state index contributed by atoms with van der Waals surface area (Å²) in [4.78, 5) is 30.2. The van der Waals surface area contributed by atoms with Crippen LogP contribution in [0.2, 0.25) is 0 Å². The normalized spacial score (nSPS) is 12.2. The Labute approximate surface area is 232 Å². The fourth-order valence-electron chi connectivity index (χ4n) is 3.45. The summed E-state index contributed by atoms with van der Waals surface area (Å²) in [5.41, 5.74) is -0.420. The van der Waals surface area contributed by atoms with Crippen molar-refractivity contribution in [1.82, 2.24) is 19.6 Å². The maximum absolute atomic E-state index is 15.1. The molecular formula is C24H27F2IN6O4S. The Morgan fingerprint density at radius 2 is 1.89 bits per heavy atom. The molecule has 204 valence electrons. The van der Waals surface area contributed by atoms with Crippen LogP contribution in [0.15, 0.2) is 41.3 Å². The lowest BCUT2D eigenvalue weighted by molar-refractivity contribution is 0.0939. The fourth-order valence-corrected chi connectivity index (χ4v) is 4.40. The molecule has 1 atom stereocenters.